The van der Waals surface area contributed by atoms with E-state index in [1.54, 1.807) is 0 Å². The van der Waals surface area contributed by atoms with Crippen LogP contribution in [-0.4, -0.2) is 16.5 Å². The number of rotatable bonds is 5. The Morgan fingerprint density at radius 3 is 2.33 bits per heavy atom. The Labute approximate surface area is 184 Å². The number of allylic oxidation sites excluding steroid dienone is 1. The molecule has 0 atom stereocenters. The first-order chi connectivity index (χ1) is 14.4. The van der Waals surface area contributed by atoms with E-state index in [9.17, 15) is 4.79 Å². The van der Waals surface area contributed by atoms with Gasteiger partial charge >= 0.3 is 6.15 Å². The third-order valence-corrected chi connectivity index (χ3v) is 4.99. The van der Waals surface area contributed by atoms with Crippen molar-refractivity contribution in [2.45, 2.75) is 20.3 Å². The normalized spacial score (nSPS) is 10.4. The van der Waals surface area contributed by atoms with Crippen LogP contribution in [0, 0.1) is 26.2 Å². The Bertz CT molecular complexity index is 1140. The van der Waals surface area contributed by atoms with Crippen LogP contribution in [0.4, 0.5) is 0 Å². The number of terminal acetylenes is 1. The molecule has 0 aliphatic carbocycles. The van der Waals surface area contributed by atoms with Gasteiger partial charge in [0.1, 0.15) is 0 Å². The molecular formula is C25H20BrNO3. The van der Waals surface area contributed by atoms with E-state index < -0.39 is 0 Å². The lowest BCUT2D eigenvalue weighted by Gasteiger charge is -2.09. The van der Waals surface area contributed by atoms with E-state index >= 15 is 0 Å². The zero-order valence-electron chi connectivity index (χ0n) is 16.7. The summed E-state index contributed by atoms with van der Waals surface area (Å²) >= 11 is 3.43. The second-order valence-electron chi connectivity index (χ2n) is 6.51. The van der Waals surface area contributed by atoms with Gasteiger partial charge in [0.2, 0.25) is 0 Å². The summed E-state index contributed by atoms with van der Waals surface area (Å²) in [5, 5.41) is 0. The molecule has 2 aromatic carbocycles. The van der Waals surface area contributed by atoms with Gasteiger partial charge in [-0.05, 0) is 61.4 Å². The molecule has 150 valence electrons. The number of aromatic nitrogens is 1. The molecule has 1 heterocycles. The van der Waals surface area contributed by atoms with Gasteiger partial charge in [0.05, 0.1) is 5.57 Å². The number of hydrogen-bond acceptors (Lipinski definition) is 3. The number of carbonyl (C=O) groups excluding carboxylic acids is 3. The standard InChI is InChI=1S/C24H20BrNO.CO2/c1-4-20(24(27)15-19-9-8-10-22(25)14-19)16-21-13-17(2)26(18(21)3)23-11-6-5-7-12-23;2-1-3/h1,5-14,16H,15H2,2-3H3;/b20-16-;. The molecule has 0 saturated heterocycles. The highest BCUT2D eigenvalue weighted by molar-refractivity contribution is 9.10. The van der Waals surface area contributed by atoms with Crippen molar-refractivity contribution in [1.29, 1.82) is 0 Å². The van der Waals surface area contributed by atoms with Crippen LogP contribution < -0.4 is 0 Å². The number of halogens is 1. The first-order valence-corrected chi connectivity index (χ1v) is 9.90. The minimum atomic E-state index is -0.0554. The molecule has 0 radical (unpaired) electrons. The van der Waals surface area contributed by atoms with Crippen LogP contribution >= 0.6 is 15.9 Å². The lowest BCUT2D eigenvalue weighted by Crippen LogP contribution is -2.05. The van der Waals surface area contributed by atoms with Gasteiger partial charge in [0, 0.05) is 28.0 Å². The second kappa shape index (κ2) is 10.9. The molecule has 0 bridgehead atoms. The van der Waals surface area contributed by atoms with Gasteiger partial charge in [0.25, 0.3) is 0 Å². The van der Waals surface area contributed by atoms with Gasteiger partial charge < -0.3 is 4.57 Å². The fourth-order valence-corrected chi connectivity index (χ4v) is 3.64. The van der Waals surface area contributed by atoms with Crippen LogP contribution in [0.25, 0.3) is 11.8 Å². The smallest absolute Gasteiger partial charge is 0.318 e. The lowest BCUT2D eigenvalue weighted by atomic mass is 10.0. The molecule has 0 N–H and O–H groups in total. The van der Waals surface area contributed by atoms with Gasteiger partial charge in [-0.2, -0.15) is 9.59 Å². The first-order valence-electron chi connectivity index (χ1n) is 9.10. The maximum Gasteiger partial charge on any atom is 0.373 e. The molecule has 0 aliphatic heterocycles. The van der Waals surface area contributed by atoms with Crippen LogP contribution in [0.5, 0.6) is 0 Å². The average Bonchev–Trinajstić information content (AvgIpc) is 3.00. The Morgan fingerprint density at radius 2 is 1.73 bits per heavy atom. The second-order valence-corrected chi connectivity index (χ2v) is 7.43. The third kappa shape index (κ3) is 5.78. The fraction of sp³-hybridized carbons (Fsp3) is 0.120. The summed E-state index contributed by atoms with van der Waals surface area (Å²) < 4.78 is 3.11. The average molecular weight is 462 g/mol. The topological polar surface area (TPSA) is 56.1 Å². The molecule has 5 heteroatoms. The molecule has 3 aromatic rings. The molecule has 3 rings (SSSR count). The third-order valence-electron chi connectivity index (χ3n) is 4.49. The summed E-state index contributed by atoms with van der Waals surface area (Å²) in [5.41, 5.74) is 5.54. The molecule has 0 amide bonds. The largest absolute Gasteiger partial charge is 0.373 e. The maximum atomic E-state index is 12.7. The number of ketones is 1. The molecule has 0 saturated carbocycles. The van der Waals surface area contributed by atoms with Crippen LogP contribution in [-0.2, 0) is 20.8 Å². The molecular weight excluding hydrogens is 442 g/mol. The lowest BCUT2D eigenvalue weighted by molar-refractivity contribution is -0.191. The minimum absolute atomic E-state index is 0.0554. The van der Waals surface area contributed by atoms with Gasteiger partial charge in [-0.15, -0.1) is 6.42 Å². The van der Waals surface area contributed by atoms with Crippen molar-refractivity contribution in [1.82, 2.24) is 4.57 Å². The quantitative estimate of drug-likeness (QED) is 0.392. The fourth-order valence-electron chi connectivity index (χ4n) is 3.19. The number of aryl methyl sites for hydroxylation is 1. The van der Waals surface area contributed by atoms with Gasteiger partial charge in [-0.1, -0.05) is 52.2 Å². The molecule has 0 fully saturated rings. The zero-order valence-corrected chi connectivity index (χ0v) is 18.3. The Kier molecular flexibility index (Phi) is 8.31. The molecule has 0 aliphatic rings. The Morgan fingerprint density at radius 1 is 1.07 bits per heavy atom. The summed E-state index contributed by atoms with van der Waals surface area (Å²) in [6.07, 6.45) is 8.01. The van der Waals surface area contributed by atoms with Crippen LogP contribution in [0.1, 0.15) is 22.5 Å². The van der Waals surface area contributed by atoms with Crippen molar-refractivity contribution in [3.8, 4) is 18.0 Å². The van der Waals surface area contributed by atoms with Gasteiger partial charge in [0.15, 0.2) is 5.78 Å². The highest BCUT2D eigenvalue weighted by Gasteiger charge is 2.13. The van der Waals surface area contributed by atoms with Gasteiger partial charge in [-0.25, -0.2) is 0 Å². The summed E-state index contributed by atoms with van der Waals surface area (Å²) in [4.78, 5) is 28.9. The molecule has 30 heavy (non-hydrogen) atoms. The van der Waals surface area contributed by atoms with Crippen molar-refractivity contribution >= 4 is 33.9 Å². The molecule has 1 aromatic heterocycles. The van der Waals surface area contributed by atoms with E-state index in [1.165, 1.54) is 0 Å². The SMILES string of the molecule is C#C/C(=C/c1cc(C)n(-c2ccccc2)c1C)C(=O)Cc1cccc(Br)c1.O=C=O. The predicted octanol–water partition coefficient (Wildman–Crippen LogP) is 5.10. The van der Waals surface area contributed by atoms with Crippen molar-refractivity contribution < 1.29 is 14.4 Å². The van der Waals surface area contributed by atoms with Crippen LogP contribution in [0.3, 0.4) is 0 Å². The first kappa shape index (κ1) is 22.8. The van der Waals surface area contributed by atoms with Crippen LogP contribution in [0.15, 0.2) is 70.7 Å². The van der Waals surface area contributed by atoms with E-state index in [-0.39, 0.29) is 18.4 Å². The zero-order chi connectivity index (χ0) is 22.1. The summed E-state index contributed by atoms with van der Waals surface area (Å²) in [5.74, 6) is 2.52. The van der Waals surface area contributed by atoms with E-state index in [0.29, 0.717) is 5.57 Å². The van der Waals surface area contributed by atoms with E-state index in [0.717, 1.165) is 32.7 Å². The molecule has 0 spiro atoms. The Balaban J connectivity index is 0.00000101. The van der Waals surface area contributed by atoms with Crippen molar-refractivity contribution in [2.24, 2.45) is 0 Å². The molecule has 4 nitrogen and oxygen atoms in total. The summed E-state index contributed by atoms with van der Waals surface area (Å²) in [7, 11) is 0. The maximum absolute atomic E-state index is 12.7. The summed E-state index contributed by atoms with van der Waals surface area (Å²) in [6, 6.07) is 19.9. The summed E-state index contributed by atoms with van der Waals surface area (Å²) in [6.45, 7) is 4.09. The van der Waals surface area contributed by atoms with Crippen molar-refractivity contribution in [3.05, 3.63) is 93.2 Å². The monoisotopic (exact) mass is 461 g/mol. The number of nitrogens with zero attached hydrogens (tertiary/aromatic N) is 1. The number of benzene rings is 2. The molecule has 0 unspecified atom stereocenters. The van der Waals surface area contributed by atoms with Gasteiger partial charge in [-0.3, -0.25) is 4.79 Å². The van der Waals surface area contributed by atoms with E-state index in [2.05, 4.69) is 51.5 Å². The van der Waals surface area contributed by atoms with Crippen molar-refractivity contribution in [3.63, 3.8) is 0 Å². The predicted molar refractivity (Wildman–Crippen MR) is 120 cm³/mol. The van der Waals surface area contributed by atoms with E-state index in [1.807, 2.05) is 55.5 Å². The number of para-hydroxylation sites is 1. The highest BCUT2D eigenvalue weighted by atomic mass is 79.9. The number of Topliss-reactive ketones (excluding diaryl/α,β-unsaturated/α-hetero) is 1. The Hall–Kier alpha value is -3.45. The number of hydrogen-bond donors (Lipinski definition) is 0. The van der Waals surface area contributed by atoms with Crippen molar-refractivity contribution in [2.75, 3.05) is 0 Å². The highest BCUT2D eigenvalue weighted by Crippen LogP contribution is 2.23. The number of carbonyl (C=O) groups is 1. The van der Waals surface area contributed by atoms with E-state index in [4.69, 9.17) is 16.0 Å². The van der Waals surface area contributed by atoms with Crippen LogP contribution in [0.2, 0.25) is 0 Å². The minimum Gasteiger partial charge on any atom is -0.318 e.